The van der Waals surface area contributed by atoms with Crippen LogP contribution in [0.1, 0.15) is 51.3 Å². The van der Waals surface area contributed by atoms with Gasteiger partial charge in [-0.3, -0.25) is 0 Å². The van der Waals surface area contributed by atoms with Crippen LogP contribution in [0.25, 0.3) is 0 Å². The zero-order valence-electron chi connectivity index (χ0n) is 11.6. The van der Waals surface area contributed by atoms with E-state index >= 15 is 0 Å². The first-order chi connectivity index (χ1) is 9.22. The quantitative estimate of drug-likeness (QED) is 0.617. The van der Waals surface area contributed by atoms with Crippen LogP contribution in [0.4, 0.5) is 0 Å². The molecule has 1 aromatic rings. The Kier molecular flexibility index (Phi) is 5.51. The molecule has 1 heterocycles. The van der Waals surface area contributed by atoms with Crippen molar-refractivity contribution >= 4 is 11.8 Å². The van der Waals surface area contributed by atoms with Crippen molar-refractivity contribution in [1.29, 1.82) is 0 Å². The fourth-order valence-electron chi connectivity index (χ4n) is 2.48. The number of aliphatic hydroxyl groups excluding tert-OH is 1. The summed E-state index contributed by atoms with van der Waals surface area (Å²) in [6, 6.07) is 0. The van der Waals surface area contributed by atoms with E-state index in [4.69, 9.17) is 5.84 Å². The van der Waals surface area contributed by atoms with Crippen LogP contribution in [0, 0.1) is 5.92 Å². The SMILES string of the molecule is CCCCc1nnc(SC[C@@H]2CCCC[C@@H]2O)n1N. The van der Waals surface area contributed by atoms with E-state index in [1.54, 1.807) is 16.4 Å². The van der Waals surface area contributed by atoms with Crippen molar-refractivity contribution in [2.24, 2.45) is 5.92 Å². The minimum atomic E-state index is -0.157. The summed E-state index contributed by atoms with van der Waals surface area (Å²) in [5.74, 6) is 8.11. The molecular formula is C13H24N4OS. The molecule has 19 heavy (non-hydrogen) atoms. The van der Waals surface area contributed by atoms with Gasteiger partial charge in [0.25, 0.3) is 0 Å². The van der Waals surface area contributed by atoms with Crippen molar-refractivity contribution in [2.45, 2.75) is 63.1 Å². The van der Waals surface area contributed by atoms with Crippen molar-refractivity contribution in [3.05, 3.63) is 5.82 Å². The number of nitrogen functional groups attached to an aromatic ring is 1. The Morgan fingerprint density at radius 1 is 1.37 bits per heavy atom. The van der Waals surface area contributed by atoms with Crippen LogP contribution in [0.5, 0.6) is 0 Å². The minimum Gasteiger partial charge on any atom is -0.393 e. The molecule has 1 aliphatic carbocycles. The number of nitrogens with zero attached hydrogens (tertiary/aromatic N) is 3. The Labute approximate surface area is 118 Å². The first-order valence-corrected chi connectivity index (χ1v) is 8.21. The van der Waals surface area contributed by atoms with Gasteiger partial charge in [0.15, 0.2) is 5.82 Å². The van der Waals surface area contributed by atoms with Crippen molar-refractivity contribution in [3.8, 4) is 0 Å². The smallest absolute Gasteiger partial charge is 0.209 e. The van der Waals surface area contributed by atoms with E-state index in [-0.39, 0.29) is 6.10 Å². The van der Waals surface area contributed by atoms with Crippen LogP contribution >= 0.6 is 11.8 Å². The summed E-state index contributed by atoms with van der Waals surface area (Å²) in [5, 5.41) is 19.0. The standard InChI is InChI=1S/C13H24N4OS/c1-2-3-8-12-15-16-13(17(12)14)19-9-10-6-4-5-7-11(10)18/h10-11,18H,2-9,14H2,1H3/t10-,11-/m0/s1. The highest BCUT2D eigenvalue weighted by Crippen LogP contribution is 2.29. The Balaban J connectivity index is 1.87. The van der Waals surface area contributed by atoms with Crippen LogP contribution in [0.15, 0.2) is 5.16 Å². The summed E-state index contributed by atoms with van der Waals surface area (Å²) in [4.78, 5) is 0. The van der Waals surface area contributed by atoms with Gasteiger partial charge in [-0.05, 0) is 25.2 Å². The normalized spacial score (nSPS) is 23.7. The van der Waals surface area contributed by atoms with E-state index in [1.165, 1.54) is 6.42 Å². The second-order valence-electron chi connectivity index (χ2n) is 5.30. The number of thioether (sulfide) groups is 1. The molecule has 6 heteroatoms. The Morgan fingerprint density at radius 2 is 2.16 bits per heavy atom. The van der Waals surface area contributed by atoms with Crippen molar-refractivity contribution in [3.63, 3.8) is 0 Å². The molecule has 1 saturated carbocycles. The van der Waals surface area contributed by atoms with Gasteiger partial charge in [0, 0.05) is 12.2 Å². The van der Waals surface area contributed by atoms with Crippen LogP contribution in [0.2, 0.25) is 0 Å². The zero-order chi connectivity index (χ0) is 13.7. The minimum absolute atomic E-state index is 0.157. The summed E-state index contributed by atoms with van der Waals surface area (Å²) >= 11 is 1.62. The van der Waals surface area contributed by atoms with Crippen LogP contribution in [-0.4, -0.2) is 31.8 Å². The summed E-state index contributed by atoms with van der Waals surface area (Å²) < 4.78 is 1.61. The predicted molar refractivity (Wildman–Crippen MR) is 77.5 cm³/mol. The molecule has 1 fully saturated rings. The molecule has 0 unspecified atom stereocenters. The lowest BCUT2D eigenvalue weighted by molar-refractivity contribution is 0.0816. The first-order valence-electron chi connectivity index (χ1n) is 7.22. The molecule has 2 atom stereocenters. The maximum Gasteiger partial charge on any atom is 0.209 e. The lowest BCUT2D eigenvalue weighted by Gasteiger charge is -2.26. The van der Waals surface area contributed by atoms with Gasteiger partial charge >= 0.3 is 0 Å². The molecule has 0 aromatic carbocycles. The van der Waals surface area contributed by atoms with Gasteiger partial charge in [0.1, 0.15) is 0 Å². The molecular weight excluding hydrogens is 260 g/mol. The number of hydrogen-bond donors (Lipinski definition) is 2. The molecule has 0 aliphatic heterocycles. The van der Waals surface area contributed by atoms with Crippen LogP contribution < -0.4 is 5.84 Å². The molecule has 0 radical (unpaired) electrons. The van der Waals surface area contributed by atoms with Gasteiger partial charge < -0.3 is 10.9 Å². The third-order valence-electron chi connectivity index (χ3n) is 3.78. The number of nitrogens with two attached hydrogens (primary N) is 1. The van der Waals surface area contributed by atoms with E-state index < -0.39 is 0 Å². The molecule has 0 saturated heterocycles. The van der Waals surface area contributed by atoms with E-state index in [0.29, 0.717) is 5.92 Å². The number of rotatable bonds is 6. The molecule has 1 aromatic heterocycles. The van der Waals surface area contributed by atoms with Crippen molar-refractivity contribution in [2.75, 3.05) is 11.6 Å². The maximum atomic E-state index is 9.95. The summed E-state index contributed by atoms with van der Waals surface area (Å²) in [7, 11) is 0. The third-order valence-corrected chi connectivity index (χ3v) is 4.92. The molecule has 108 valence electrons. The van der Waals surface area contributed by atoms with E-state index in [2.05, 4.69) is 17.1 Å². The molecule has 0 amide bonds. The average molecular weight is 284 g/mol. The predicted octanol–water partition coefficient (Wildman–Crippen LogP) is 1.98. The van der Waals surface area contributed by atoms with Gasteiger partial charge in [-0.15, -0.1) is 10.2 Å². The molecule has 2 rings (SSSR count). The van der Waals surface area contributed by atoms with Gasteiger partial charge in [-0.2, -0.15) is 0 Å². The summed E-state index contributed by atoms with van der Waals surface area (Å²) in [6.45, 7) is 2.15. The molecule has 0 bridgehead atoms. The second kappa shape index (κ2) is 7.14. The molecule has 1 aliphatic rings. The number of hydrogen-bond acceptors (Lipinski definition) is 5. The van der Waals surface area contributed by atoms with E-state index in [1.807, 2.05) is 0 Å². The summed E-state index contributed by atoms with van der Waals surface area (Å²) in [6.07, 6.45) is 7.35. The van der Waals surface area contributed by atoms with E-state index in [9.17, 15) is 5.11 Å². The van der Waals surface area contributed by atoms with Crippen molar-refractivity contribution < 1.29 is 5.11 Å². The second-order valence-corrected chi connectivity index (χ2v) is 6.28. The number of aromatic nitrogens is 3. The average Bonchev–Trinajstić information content (AvgIpc) is 2.76. The van der Waals surface area contributed by atoms with Gasteiger partial charge in [0.05, 0.1) is 6.10 Å². The molecule has 5 nitrogen and oxygen atoms in total. The van der Waals surface area contributed by atoms with Gasteiger partial charge in [0.2, 0.25) is 5.16 Å². The Morgan fingerprint density at radius 3 is 2.89 bits per heavy atom. The first kappa shape index (κ1) is 14.7. The Hall–Kier alpha value is -0.750. The van der Waals surface area contributed by atoms with Gasteiger partial charge in [-0.1, -0.05) is 37.9 Å². The van der Waals surface area contributed by atoms with E-state index in [0.717, 1.165) is 55.3 Å². The Bertz CT molecular complexity index is 396. The lowest BCUT2D eigenvalue weighted by atomic mass is 9.88. The third kappa shape index (κ3) is 3.86. The lowest BCUT2D eigenvalue weighted by Crippen LogP contribution is -2.26. The van der Waals surface area contributed by atoms with Crippen LogP contribution in [0.3, 0.4) is 0 Å². The topological polar surface area (TPSA) is 77.0 Å². The number of unbranched alkanes of at least 4 members (excludes halogenated alkanes) is 1. The van der Waals surface area contributed by atoms with Crippen LogP contribution in [-0.2, 0) is 6.42 Å². The fourth-order valence-corrected chi connectivity index (χ4v) is 3.57. The highest BCUT2D eigenvalue weighted by Gasteiger charge is 2.24. The summed E-state index contributed by atoms with van der Waals surface area (Å²) in [5.41, 5.74) is 0. The fraction of sp³-hybridized carbons (Fsp3) is 0.846. The number of aryl methyl sites for hydroxylation is 1. The van der Waals surface area contributed by atoms with Crippen molar-refractivity contribution in [1.82, 2.24) is 14.9 Å². The molecule has 0 spiro atoms. The largest absolute Gasteiger partial charge is 0.393 e. The van der Waals surface area contributed by atoms with Gasteiger partial charge in [-0.25, -0.2) is 4.68 Å². The maximum absolute atomic E-state index is 9.95. The monoisotopic (exact) mass is 284 g/mol. The zero-order valence-corrected chi connectivity index (χ0v) is 12.4. The highest BCUT2D eigenvalue weighted by molar-refractivity contribution is 7.99. The number of aliphatic hydroxyl groups is 1. The molecule has 3 N–H and O–H groups in total. The highest BCUT2D eigenvalue weighted by atomic mass is 32.2.